The Morgan fingerprint density at radius 3 is 2.89 bits per heavy atom. The standard InChI is InChI=1S/C12H12BrClO4/c1-16-12(15)10(14)7-5-8(13)11-9(6-7)17-3-2-4-18-11/h5-6,10H,2-4H2,1H3. The quantitative estimate of drug-likeness (QED) is 0.615. The second kappa shape index (κ2) is 5.80. The van der Waals surface area contributed by atoms with Crippen LogP contribution in [0.1, 0.15) is 17.4 Å². The third-order valence-corrected chi connectivity index (χ3v) is 3.54. The Hall–Kier alpha value is -0.940. The molecule has 4 nitrogen and oxygen atoms in total. The van der Waals surface area contributed by atoms with E-state index >= 15 is 0 Å². The van der Waals surface area contributed by atoms with Crippen molar-refractivity contribution in [2.75, 3.05) is 20.3 Å². The number of halogens is 2. The first-order valence-electron chi connectivity index (χ1n) is 5.44. The first-order valence-corrected chi connectivity index (χ1v) is 6.67. The van der Waals surface area contributed by atoms with E-state index < -0.39 is 11.3 Å². The van der Waals surface area contributed by atoms with Gasteiger partial charge in [-0.15, -0.1) is 11.6 Å². The van der Waals surface area contributed by atoms with Gasteiger partial charge in [0, 0.05) is 6.42 Å². The molecule has 1 aliphatic heterocycles. The van der Waals surface area contributed by atoms with E-state index in [0.717, 1.165) is 6.42 Å². The Balaban J connectivity index is 2.37. The molecule has 1 aromatic carbocycles. The van der Waals surface area contributed by atoms with Gasteiger partial charge in [-0.2, -0.15) is 0 Å². The monoisotopic (exact) mass is 334 g/mol. The smallest absolute Gasteiger partial charge is 0.328 e. The molecule has 1 atom stereocenters. The highest BCUT2D eigenvalue weighted by Crippen LogP contribution is 2.40. The highest BCUT2D eigenvalue weighted by atomic mass is 79.9. The average molecular weight is 336 g/mol. The third-order valence-electron chi connectivity index (χ3n) is 2.53. The lowest BCUT2D eigenvalue weighted by molar-refractivity contribution is -0.140. The molecule has 0 aliphatic carbocycles. The Labute approximate surface area is 118 Å². The molecule has 1 heterocycles. The number of rotatable bonds is 2. The number of esters is 1. The van der Waals surface area contributed by atoms with Gasteiger partial charge in [0.2, 0.25) is 0 Å². The van der Waals surface area contributed by atoms with Gasteiger partial charge in [0.05, 0.1) is 24.8 Å². The van der Waals surface area contributed by atoms with E-state index in [4.69, 9.17) is 21.1 Å². The summed E-state index contributed by atoms with van der Waals surface area (Å²) in [6.07, 6.45) is 0.817. The Morgan fingerprint density at radius 1 is 1.44 bits per heavy atom. The summed E-state index contributed by atoms with van der Waals surface area (Å²) in [6, 6.07) is 3.45. The summed E-state index contributed by atoms with van der Waals surface area (Å²) < 4.78 is 16.5. The summed E-state index contributed by atoms with van der Waals surface area (Å²) in [7, 11) is 1.30. The average Bonchev–Trinajstić information content (AvgIpc) is 2.62. The van der Waals surface area contributed by atoms with Crippen LogP contribution >= 0.6 is 27.5 Å². The predicted molar refractivity (Wildman–Crippen MR) is 70.4 cm³/mol. The largest absolute Gasteiger partial charge is 0.490 e. The molecule has 0 aromatic heterocycles. The molecule has 18 heavy (non-hydrogen) atoms. The minimum Gasteiger partial charge on any atom is -0.490 e. The highest BCUT2D eigenvalue weighted by molar-refractivity contribution is 9.10. The zero-order valence-corrected chi connectivity index (χ0v) is 12.1. The van der Waals surface area contributed by atoms with Crippen LogP contribution in [0.5, 0.6) is 11.5 Å². The number of ether oxygens (including phenoxy) is 3. The van der Waals surface area contributed by atoms with E-state index in [9.17, 15) is 4.79 Å². The fraction of sp³-hybridized carbons (Fsp3) is 0.417. The maximum atomic E-state index is 11.4. The Kier molecular flexibility index (Phi) is 4.35. The Bertz CT molecular complexity index is 464. The van der Waals surface area contributed by atoms with E-state index in [0.29, 0.717) is 34.7 Å². The molecule has 0 fully saturated rings. The second-order valence-corrected chi connectivity index (χ2v) is 5.06. The molecule has 1 unspecified atom stereocenters. The van der Waals surface area contributed by atoms with E-state index in [1.54, 1.807) is 12.1 Å². The summed E-state index contributed by atoms with van der Waals surface area (Å²) in [5, 5.41) is -0.858. The fourth-order valence-corrected chi connectivity index (χ4v) is 2.43. The van der Waals surface area contributed by atoms with Crippen molar-refractivity contribution in [1.29, 1.82) is 0 Å². The first-order chi connectivity index (χ1) is 8.63. The number of benzene rings is 1. The fourth-order valence-electron chi connectivity index (χ4n) is 1.64. The van der Waals surface area contributed by atoms with Crippen molar-refractivity contribution in [3.05, 3.63) is 22.2 Å². The highest BCUT2D eigenvalue weighted by Gasteiger charge is 2.23. The van der Waals surface area contributed by atoms with Gasteiger partial charge in [0.25, 0.3) is 0 Å². The topological polar surface area (TPSA) is 44.8 Å². The van der Waals surface area contributed by atoms with Gasteiger partial charge in [-0.05, 0) is 33.6 Å². The molecule has 1 aliphatic rings. The molecule has 2 rings (SSSR count). The molecule has 0 spiro atoms. The summed E-state index contributed by atoms with van der Waals surface area (Å²) in [4.78, 5) is 11.4. The van der Waals surface area contributed by atoms with Gasteiger partial charge in [-0.25, -0.2) is 0 Å². The zero-order valence-electron chi connectivity index (χ0n) is 9.74. The molecule has 0 radical (unpaired) electrons. The van der Waals surface area contributed by atoms with Crippen molar-refractivity contribution in [2.45, 2.75) is 11.8 Å². The van der Waals surface area contributed by atoms with Crippen molar-refractivity contribution in [3.63, 3.8) is 0 Å². The number of carbonyl (C=O) groups excluding carboxylic acids is 1. The van der Waals surface area contributed by atoms with Crippen molar-refractivity contribution in [1.82, 2.24) is 0 Å². The molecular formula is C12H12BrClO4. The number of methoxy groups -OCH3 is 1. The molecular weight excluding hydrogens is 323 g/mol. The van der Waals surface area contributed by atoms with Gasteiger partial charge in [-0.3, -0.25) is 4.79 Å². The van der Waals surface area contributed by atoms with Crippen molar-refractivity contribution in [2.24, 2.45) is 0 Å². The Morgan fingerprint density at radius 2 is 2.17 bits per heavy atom. The van der Waals surface area contributed by atoms with Gasteiger partial charge in [0.1, 0.15) is 0 Å². The third kappa shape index (κ3) is 2.72. The molecule has 6 heteroatoms. The normalized spacial score (nSPS) is 15.7. The predicted octanol–water partition coefficient (Wildman–Crippen LogP) is 3.06. The molecule has 0 bridgehead atoms. The first kappa shape index (κ1) is 13.5. The second-order valence-electron chi connectivity index (χ2n) is 3.77. The van der Waals surface area contributed by atoms with Crippen molar-refractivity contribution in [3.8, 4) is 11.5 Å². The zero-order chi connectivity index (χ0) is 13.1. The van der Waals surface area contributed by atoms with Crippen LogP contribution in [0, 0.1) is 0 Å². The van der Waals surface area contributed by atoms with Gasteiger partial charge in [0.15, 0.2) is 16.9 Å². The number of hydrogen-bond donors (Lipinski definition) is 0. The number of hydrogen-bond acceptors (Lipinski definition) is 4. The summed E-state index contributed by atoms with van der Waals surface area (Å²) >= 11 is 9.41. The van der Waals surface area contributed by atoms with Crippen LogP contribution in [0.3, 0.4) is 0 Å². The number of carbonyl (C=O) groups is 1. The lowest BCUT2D eigenvalue weighted by atomic mass is 10.1. The van der Waals surface area contributed by atoms with Crippen molar-refractivity contribution >= 4 is 33.5 Å². The molecule has 1 aromatic rings. The van der Waals surface area contributed by atoms with Crippen LogP contribution in [0.4, 0.5) is 0 Å². The lowest BCUT2D eigenvalue weighted by Crippen LogP contribution is -2.09. The lowest BCUT2D eigenvalue weighted by Gasteiger charge is -2.13. The van der Waals surface area contributed by atoms with E-state index in [1.807, 2.05) is 0 Å². The van der Waals surface area contributed by atoms with Crippen LogP contribution < -0.4 is 9.47 Å². The van der Waals surface area contributed by atoms with Gasteiger partial charge < -0.3 is 14.2 Å². The van der Waals surface area contributed by atoms with E-state index in [-0.39, 0.29) is 0 Å². The number of fused-ring (bicyclic) bond motifs is 1. The molecule has 0 saturated carbocycles. The van der Waals surface area contributed by atoms with E-state index in [2.05, 4.69) is 20.7 Å². The van der Waals surface area contributed by atoms with Crippen LogP contribution in [-0.2, 0) is 9.53 Å². The van der Waals surface area contributed by atoms with Gasteiger partial charge in [-0.1, -0.05) is 0 Å². The summed E-state index contributed by atoms with van der Waals surface area (Å²) in [6.45, 7) is 1.18. The van der Waals surface area contributed by atoms with Gasteiger partial charge >= 0.3 is 5.97 Å². The van der Waals surface area contributed by atoms with Crippen LogP contribution in [0.2, 0.25) is 0 Å². The maximum Gasteiger partial charge on any atom is 0.328 e. The SMILES string of the molecule is COC(=O)C(Cl)c1cc(Br)c2c(c1)OCCCO2. The minimum atomic E-state index is -0.858. The number of alkyl halides is 1. The van der Waals surface area contributed by atoms with E-state index in [1.165, 1.54) is 7.11 Å². The summed E-state index contributed by atoms with van der Waals surface area (Å²) in [5.41, 5.74) is 0.611. The maximum absolute atomic E-state index is 11.4. The van der Waals surface area contributed by atoms with Crippen LogP contribution in [0.15, 0.2) is 16.6 Å². The summed E-state index contributed by atoms with van der Waals surface area (Å²) in [5.74, 6) is 0.731. The molecule has 0 amide bonds. The van der Waals surface area contributed by atoms with Crippen molar-refractivity contribution < 1.29 is 19.0 Å². The minimum absolute atomic E-state index is 0.502. The molecule has 98 valence electrons. The molecule has 0 N–H and O–H groups in total. The van der Waals surface area contributed by atoms with Crippen LogP contribution in [0.25, 0.3) is 0 Å². The molecule has 0 saturated heterocycles. The van der Waals surface area contributed by atoms with Crippen LogP contribution in [-0.4, -0.2) is 26.3 Å².